The fourth-order valence-corrected chi connectivity index (χ4v) is 4.45. The van der Waals surface area contributed by atoms with Crippen LogP contribution in [0.5, 0.6) is 5.75 Å². The van der Waals surface area contributed by atoms with Gasteiger partial charge in [0.1, 0.15) is 17.2 Å². The van der Waals surface area contributed by atoms with Gasteiger partial charge in [-0.3, -0.25) is 14.4 Å². The molecule has 1 fully saturated rings. The number of pyridine rings is 1. The van der Waals surface area contributed by atoms with Crippen LogP contribution >= 0.6 is 0 Å². The van der Waals surface area contributed by atoms with Gasteiger partial charge in [-0.05, 0) is 50.8 Å². The summed E-state index contributed by atoms with van der Waals surface area (Å²) < 4.78 is 29.6. The molecule has 4 rings (SSSR count). The predicted octanol–water partition coefficient (Wildman–Crippen LogP) is 2.43. The van der Waals surface area contributed by atoms with Crippen molar-refractivity contribution >= 4 is 11.8 Å². The van der Waals surface area contributed by atoms with Gasteiger partial charge in [0.25, 0.3) is 11.8 Å². The Balaban J connectivity index is 1.71. The number of aromatic nitrogens is 1. The molecule has 2 N–H and O–H groups in total. The zero-order chi connectivity index (χ0) is 22.5. The minimum atomic E-state index is -0.995. The average molecular weight is 431 g/mol. The number of amides is 2. The molecule has 1 aromatic carbocycles. The Hall–Kier alpha value is -3.23. The van der Waals surface area contributed by atoms with Crippen molar-refractivity contribution in [2.45, 2.75) is 45.2 Å². The van der Waals surface area contributed by atoms with Gasteiger partial charge in [0, 0.05) is 31.4 Å². The van der Waals surface area contributed by atoms with Crippen LogP contribution in [0.25, 0.3) is 0 Å². The van der Waals surface area contributed by atoms with E-state index in [0.29, 0.717) is 25.1 Å². The van der Waals surface area contributed by atoms with Gasteiger partial charge >= 0.3 is 0 Å². The van der Waals surface area contributed by atoms with Crippen LogP contribution in [0.3, 0.4) is 0 Å². The summed E-state index contributed by atoms with van der Waals surface area (Å²) in [5.41, 5.74) is -2.03. The summed E-state index contributed by atoms with van der Waals surface area (Å²) in [6.45, 7) is 3.93. The third kappa shape index (κ3) is 3.47. The molecule has 1 atom stereocenters. The quantitative estimate of drug-likeness (QED) is 0.781. The highest BCUT2D eigenvalue weighted by molar-refractivity contribution is 5.99. The number of rotatable bonds is 3. The molecule has 1 saturated heterocycles. The number of nitrogens with one attached hydrogen (secondary N) is 1. The molecule has 1 aromatic heterocycles. The van der Waals surface area contributed by atoms with Gasteiger partial charge in [0.15, 0.2) is 11.4 Å². The number of hydrogen-bond donors (Lipinski definition) is 2. The van der Waals surface area contributed by atoms with Gasteiger partial charge < -0.3 is 19.9 Å². The summed E-state index contributed by atoms with van der Waals surface area (Å²) in [5.74, 6) is -3.74. The van der Waals surface area contributed by atoms with Crippen LogP contribution in [0, 0.1) is 18.6 Å². The van der Waals surface area contributed by atoms with Crippen molar-refractivity contribution < 1.29 is 23.5 Å². The van der Waals surface area contributed by atoms with Crippen LogP contribution in [-0.4, -0.2) is 39.5 Å². The maximum atomic E-state index is 14.1. The van der Waals surface area contributed by atoms with Gasteiger partial charge in [-0.15, -0.1) is 0 Å². The lowest BCUT2D eigenvalue weighted by atomic mass is 9.92. The second-order valence-corrected chi connectivity index (χ2v) is 8.51. The maximum Gasteiger partial charge on any atom is 0.274 e. The first-order valence-corrected chi connectivity index (χ1v) is 10.1. The number of fused-ring (bicyclic) bond motifs is 4. The molecule has 2 aromatic rings. The normalized spacial score (nSPS) is 20.3. The van der Waals surface area contributed by atoms with Crippen molar-refractivity contribution in [1.29, 1.82) is 0 Å². The Labute approximate surface area is 177 Å². The molecule has 0 saturated carbocycles. The lowest BCUT2D eigenvalue weighted by molar-refractivity contribution is 0.0592. The van der Waals surface area contributed by atoms with Gasteiger partial charge in [-0.1, -0.05) is 0 Å². The second-order valence-electron chi connectivity index (χ2n) is 8.51. The fourth-order valence-electron chi connectivity index (χ4n) is 4.45. The number of aromatic hydroxyl groups is 1. The number of benzene rings is 1. The standard InChI is InChI=1S/C22H23F2N3O4/c1-12-7-15(23)13(16(24)8-12)9-25-20(30)14-10-27-17(19(29)18(14)28)21(31)26-6-4-3-5-22(27,2)11-26/h7-8,10,29H,3-6,9,11H2,1-2H3,(H,25,30)/t22-/m1/s1. The molecule has 7 nitrogen and oxygen atoms in total. The summed E-state index contributed by atoms with van der Waals surface area (Å²) in [7, 11) is 0. The Morgan fingerprint density at radius 1 is 1.23 bits per heavy atom. The Morgan fingerprint density at radius 2 is 1.90 bits per heavy atom. The molecule has 2 bridgehead atoms. The van der Waals surface area contributed by atoms with E-state index >= 15 is 0 Å². The summed E-state index contributed by atoms with van der Waals surface area (Å²) in [6.07, 6.45) is 3.63. The largest absolute Gasteiger partial charge is 0.503 e. The van der Waals surface area contributed by atoms with Crippen LogP contribution in [0.4, 0.5) is 8.78 Å². The van der Waals surface area contributed by atoms with E-state index in [-0.39, 0.29) is 16.8 Å². The molecule has 2 amide bonds. The highest BCUT2D eigenvalue weighted by Gasteiger charge is 2.43. The second kappa shape index (κ2) is 7.47. The highest BCUT2D eigenvalue weighted by atomic mass is 19.1. The minimum absolute atomic E-state index is 0.132. The zero-order valence-electron chi connectivity index (χ0n) is 17.3. The van der Waals surface area contributed by atoms with E-state index in [1.54, 1.807) is 11.8 Å². The van der Waals surface area contributed by atoms with E-state index in [9.17, 15) is 28.3 Å². The molecule has 9 heteroatoms. The molecule has 2 aliphatic heterocycles. The van der Waals surface area contributed by atoms with Gasteiger partial charge in [0.05, 0.1) is 5.54 Å². The Morgan fingerprint density at radius 3 is 2.58 bits per heavy atom. The first kappa shape index (κ1) is 21.0. The zero-order valence-corrected chi connectivity index (χ0v) is 17.3. The minimum Gasteiger partial charge on any atom is -0.503 e. The van der Waals surface area contributed by atoms with E-state index in [2.05, 4.69) is 5.32 Å². The number of hydrogen-bond acceptors (Lipinski definition) is 4. The van der Waals surface area contributed by atoms with Gasteiger partial charge in [-0.25, -0.2) is 8.78 Å². The van der Waals surface area contributed by atoms with Gasteiger partial charge in [-0.2, -0.15) is 0 Å². The van der Waals surface area contributed by atoms with Gasteiger partial charge in [0.2, 0.25) is 5.43 Å². The molecular formula is C22H23F2N3O4. The van der Waals surface area contributed by atoms with E-state index in [1.807, 2.05) is 6.92 Å². The molecule has 2 aliphatic rings. The van der Waals surface area contributed by atoms with E-state index in [0.717, 1.165) is 25.0 Å². The molecule has 0 unspecified atom stereocenters. The number of nitrogens with zero attached hydrogens (tertiary/aromatic N) is 2. The van der Waals surface area contributed by atoms with Crippen LogP contribution in [0.2, 0.25) is 0 Å². The molecule has 0 radical (unpaired) electrons. The first-order valence-electron chi connectivity index (χ1n) is 10.1. The fraction of sp³-hybridized carbons (Fsp3) is 0.409. The van der Waals surface area contributed by atoms with Crippen LogP contribution in [0.1, 0.15) is 58.2 Å². The number of halogens is 2. The van der Waals surface area contributed by atoms with E-state index in [1.165, 1.54) is 10.8 Å². The number of carbonyl (C=O) groups excluding carboxylic acids is 2. The van der Waals surface area contributed by atoms with Crippen molar-refractivity contribution in [3.8, 4) is 5.75 Å². The van der Waals surface area contributed by atoms with Crippen LogP contribution < -0.4 is 10.7 Å². The summed E-state index contributed by atoms with van der Waals surface area (Å²) >= 11 is 0. The van der Waals surface area contributed by atoms with Crippen molar-refractivity contribution in [3.63, 3.8) is 0 Å². The summed E-state index contributed by atoms with van der Waals surface area (Å²) in [5, 5.41) is 12.9. The summed E-state index contributed by atoms with van der Waals surface area (Å²) in [6, 6.07) is 2.29. The van der Waals surface area contributed by atoms with Crippen LogP contribution in [-0.2, 0) is 12.1 Å². The summed E-state index contributed by atoms with van der Waals surface area (Å²) in [4.78, 5) is 39.8. The predicted molar refractivity (Wildman–Crippen MR) is 108 cm³/mol. The Bertz CT molecular complexity index is 1140. The molecule has 3 heterocycles. The molecule has 164 valence electrons. The lowest BCUT2D eigenvalue weighted by Crippen LogP contribution is -2.52. The molecular weight excluding hydrogens is 408 g/mol. The maximum absolute atomic E-state index is 14.1. The molecule has 0 aliphatic carbocycles. The topological polar surface area (TPSA) is 91.6 Å². The first-order chi connectivity index (χ1) is 14.6. The third-order valence-corrected chi connectivity index (χ3v) is 6.14. The smallest absolute Gasteiger partial charge is 0.274 e. The molecule has 31 heavy (non-hydrogen) atoms. The van der Waals surface area contributed by atoms with Crippen molar-refractivity contribution in [1.82, 2.24) is 14.8 Å². The van der Waals surface area contributed by atoms with Crippen molar-refractivity contribution in [2.24, 2.45) is 0 Å². The van der Waals surface area contributed by atoms with E-state index < -0.39 is 46.7 Å². The number of aryl methyl sites for hydroxylation is 1. The SMILES string of the molecule is Cc1cc(F)c(CNC(=O)c2cn3c(c(O)c2=O)C(=O)N2CCCC[C@]3(C)C2)c(F)c1. The molecule has 0 spiro atoms. The van der Waals surface area contributed by atoms with Crippen LogP contribution in [0.15, 0.2) is 23.1 Å². The average Bonchev–Trinajstić information content (AvgIpc) is 2.88. The number of carbonyl (C=O) groups is 2. The third-order valence-electron chi connectivity index (χ3n) is 6.14. The monoisotopic (exact) mass is 431 g/mol. The van der Waals surface area contributed by atoms with E-state index in [4.69, 9.17) is 0 Å². The lowest BCUT2D eigenvalue weighted by Gasteiger charge is -2.42. The highest BCUT2D eigenvalue weighted by Crippen LogP contribution is 2.36. The Kier molecular flexibility index (Phi) is 5.07. The van der Waals surface area contributed by atoms with Crippen molar-refractivity contribution in [3.05, 3.63) is 62.6 Å². The van der Waals surface area contributed by atoms with Crippen molar-refractivity contribution in [2.75, 3.05) is 13.1 Å².